The van der Waals surface area contributed by atoms with E-state index in [0.717, 1.165) is 12.8 Å². The van der Waals surface area contributed by atoms with Crippen molar-refractivity contribution in [3.05, 3.63) is 0 Å². The summed E-state index contributed by atoms with van der Waals surface area (Å²) in [5.74, 6) is -0.767. The van der Waals surface area contributed by atoms with Crippen molar-refractivity contribution in [2.45, 2.75) is 37.5 Å². The molecule has 0 heterocycles. The largest absolute Gasteiger partial charge is 0.481 e. The summed E-state index contributed by atoms with van der Waals surface area (Å²) < 4.78 is 0. The molecule has 4 nitrogen and oxygen atoms in total. The number of hydrogen-bond acceptors (Lipinski definition) is 3. The molecule has 86 valence electrons. The third kappa shape index (κ3) is 3.74. The molecule has 1 saturated carbocycles. The van der Waals surface area contributed by atoms with E-state index in [-0.39, 0.29) is 17.6 Å². The predicted octanol–water partition coefficient (Wildman–Crippen LogP) is 1.20. The maximum atomic E-state index is 11.9. The highest BCUT2D eigenvalue weighted by molar-refractivity contribution is 7.99. The highest BCUT2D eigenvalue weighted by Gasteiger charge is 2.34. The van der Waals surface area contributed by atoms with Crippen molar-refractivity contribution in [2.24, 2.45) is 0 Å². The smallest absolute Gasteiger partial charge is 0.305 e. The van der Waals surface area contributed by atoms with E-state index in [1.165, 1.54) is 11.8 Å². The van der Waals surface area contributed by atoms with Crippen LogP contribution in [-0.4, -0.2) is 46.0 Å². The van der Waals surface area contributed by atoms with Crippen LogP contribution in [0.5, 0.6) is 0 Å². The molecule has 5 heteroatoms. The number of aliphatic carboxylic acids is 1. The van der Waals surface area contributed by atoms with Crippen LogP contribution >= 0.6 is 11.8 Å². The van der Waals surface area contributed by atoms with Crippen molar-refractivity contribution < 1.29 is 14.7 Å². The lowest BCUT2D eigenvalue weighted by Crippen LogP contribution is -2.39. The van der Waals surface area contributed by atoms with E-state index in [9.17, 15) is 9.59 Å². The molecule has 0 aromatic carbocycles. The average molecular weight is 231 g/mol. The van der Waals surface area contributed by atoms with Crippen LogP contribution in [0.3, 0.4) is 0 Å². The van der Waals surface area contributed by atoms with Crippen LogP contribution in [0.25, 0.3) is 0 Å². The average Bonchev–Trinajstić information content (AvgIpc) is 3.00. The Bertz CT molecular complexity index is 253. The van der Waals surface area contributed by atoms with Crippen molar-refractivity contribution in [3.63, 3.8) is 0 Å². The number of carbonyl (C=O) groups is 2. The summed E-state index contributed by atoms with van der Waals surface area (Å²) in [7, 11) is 0. The lowest BCUT2D eigenvalue weighted by molar-refractivity contribution is -0.138. The number of carbonyl (C=O) groups excluding carboxylic acids is 1. The molecule has 0 aromatic rings. The first-order valence-electron chi connectivity index (χ1n) is 5.11. The number of nitrogens with zero attached hydrogens (tertiary/aromatic N) is 1. The molecule has 15 heavy (non-hydrogen) atoms. The zero-order valence-electron chi connectivity index (χ0n) is 9.10. The number of thioether (sulfide) groups is 1. The van der Waals surface area contributed by atoms with Crippen molar-refractivity contribution in [1.82, 2.24) is 4.90 Å². The molecule has 0 aromatic heterocycles. The molecular formula is C10H17NO3S. The molecule has 0 spiro atoms. The van der Waals surface area contributed by atoms with Gasteiger partial charge in [0.05, 0.1) is 11.7 Å². The molecule has 0 radical (unpaired) electrons. The summed E-state index contributed by atoms with van der Waals surface area (Å²) in [5.41, 5.74) is 0. The predicted molar refractivity (Wildman–Crippen MR) is 60.0 cm³/mol. The zero-order chi connectivity index (χ0) is 11.4. The summed E-state index contributed by atoms with van der Waals surface area (Å²) in [5, 5.41) is 8.53. The Morgan fingerprint density at radius 1 is 1.53 bits per heavy atom. The van der Waals surface area contributed by atoms with Crippen LogP contribution in [0.1, 0.15) is 26.2 Å². The van der Waals surface area contributed by atoms with Crippen LogP contribution in [0.2, 0.25) is 0 Å². The second-order valence-electron chi connectivity index (χ2n) is 3.78. The Labute approximate surface area is 94.0 Å². The number of carboxylic acids is 1. The number of amides is 1. The minimum absolute atomic E-state index is 0.0450. The van der Waals surface area contributed by atoms with Gasteiger partial charge in [-0.05, 0) is 26.0 Å². The molecule has 1 amide bonds. The second kappa shape index (κ2) is 5.39. The number of hydrogen-bond donors (Lipinski definition) is 1. The van der Waals surface area contributed by atoms with Gasteiger partial charge in [0.15, 0.2) is 0 Å². The highest BCUT2D eigenvalue weighted by atomic mass is 32.2. The molecular weight excluding hydrogens is 214 g/mol. The van der Waals surface area contributed by atoms with Gasteiger partial charge in [-0.1, -0.05) is 0 Å². The van der Waals surface area contributed by atoms with E-state index < -0.39 is 5.97 Å². The normalized spacial score (nSPS) is 17.2. The van der Waals surface area contributed by atoms with Crippen molar-refractivity contribution in [2.75, 3.05) is 12.8 Å². The molecule has 1 unspecified atom stereocenters. The van der Waals surface area contributed by atoms with Crippen molar-refractivity contribution >= 4 is 23.6 Å². The highest BCUT2D eigenvalue weighted by Crippen LogP contribution is 2.28. The van der Waals surface area contributed by atoms with E-state index in [1.54, 1.807) is 4.90 Å². The van der Waals surface area contributed by atoms with Crippen LogP contribution in [0.4, 0.5) is 0 Å². The number of rotatable bonds is 6. The standard InChI is InChI=1S/C10H17NO3S/c1-7(15-2)10(14)11(8-3-4-8)6-5-9(12)13/h7-8H,3-6H2,1-2H3,(H,12,13). The molecule has 1 rings (SSSR count). The van der Waals surface area contributed by atoms with Gasteiger partial charge in [0.1, 0.15) is 0 Å². The van der Waals surface area contributed by atoms with E-state index in [1.807, 2.05) is 13.2 Å². The third-order valence-corrected chi connectivity index (χ3v) is 3.45. The first kappa shape index (κ1) is 12.4. The van der Waals surface area contributed by atoms with Gasteiger partial charge in [-0.25, -0.2) is 0 Å². The Kier molecular flexibility index (Phi) is 4.45. The molecule has 1 aliphatic rings. The summed E-state index contributed by atoms with van der Waals surface area (Å²) in [4.78, 5) is 24.1. The SMILES string of the molecule is CSC(C)C(=O)N(CCC(=O)O)C1CC1. The molecule has 0 saturated heterocycles. The van der Waals surface area contributed by atoms with Gasteiger partial charge >= 0.3 is 5.97 Å². The molecule has 1 atom stereocenters. The zero-order valence-corrected chi connectivity index (χ0v) is 9.92. The maximum absolute atomic E-state index is 11.9. The van der Waals surface area contributed by atoms with Gasteiger partial charge in [0.2, 0.25) is 5.91 Å². The van der Waals surface area contributed by atoms with Crippen molar-refractivity contribution in [1.29, 1.82) is 0 Å². The summed E-state index contributed by atoms with van der Waals surface area (Å²) in [6, 6.07) is 0.298. The molecule has 1 fully saturated rings. The van der Waals surface area contributed by atoms with E-state index in [4.69, 9.17) is 5.11 Å². The molecule has 0 bridgehead atoms. The Morgan fingerprint density at radius 2 is 2.13 bits per heavy atom. The third-order valence-electron chi connectivity index (χ3n) is 2.54. The van der Waals surface area contributed by atoms with Gasteiger partial charge in [0.25, 0.3) is 0 Å². The van der Waals surface area contributed by atoms with E-state index >= 15 is 0 Å². The van der Waals surface area contributed by atoms with Crippen LogP contribution in [0, 0.1) is 0 Å². The quantitative estimate of drug-likeness (QED) is 0.746. The number of carboxylic acid groups (broad SMARTS) is 1. The first-order chi connectivity index (χ1) is 7.06. The molecule has 1 aliphatic carbocycles. The van der Waals surface area contributed by atoms with Crippen LogP contribution in [-0.2, 0) is 9.59 Å². The van der Waals surface area contributed by atoms with Crippen LogP contribution in [0.15, 0.2) is 0 Å². The summed E-state index contributed by atoms with van der Waals surface area (Å²) in [6.07, 6.45) is 3.98. The minimum Gasteiger partial charge on any atom is -0.481 e. The summed E-state index contributed by atoms with van der Waals surface area (Å²) in [6.45, 7) is 2.22. The van der Waals surface area contributed by atoms with Gasteiger partial charge < -0.3 is 10.0 Å². The van der Waals surface area contributed by atoms with Gasteiger partial charge in [-0.15, -0.1) is 0 Å². The Morgan fingerprint density at radius 3 is 2.53 bits per heavy atom. The lowest BCUT2D eigenvalue weighted by Gasteiger charge is -2.24. The Hall–Kier alpha value is -0.710. The van der Waals surface area contributed by atoms with Gasteiger partial charge in [-0.2, -0.15) is 11.8 Å². The molecule has 0 aliphatic heterocycles. The topological polar surface area (TPSA) is 57.6 Å². The fourth-order valence-electron chi connectivity index (χ4n) is 1.41. The van der Waals surface area contributed by atoms with Gasteiger partial charge in [-0.3, -0.25) is 9.59 Å². The lowest BCUT2D eigenvalue weighted by atomic mass is 10.3. The fraction of sp³-hybridized carbons (Fsp3) is 0.800. The van der Waals surface area contributed by atoms with Gasteiger partial charge in [0, 0.05) is 12.6 Å². The summed E-state index contributed by atoms with van der Waals surface area (Å²) >= 11 is 1.50. The Balaban J connectivity index is 2.49. The monoisotopic (exact) mass is 231 g/mol. The van der Waals surface area contributed by atoms with E-state index in [0.29, 0.717) is 12.6 Å². The second-order valence-corrected chi connectivity index (χ2v) is 4.96. The fourth-order valence-corrected chi connectivity index (χ4v) is 1.75. The molecule has 1 N–H and O–H groups in total. The minimum atomic E-state index is -0.842. The van der Waals surface area contributed by atoms with E-state index in [2.05, 4.69) is 0 Å². The first-order valence-corrected chi connectivity index (χ1v) is 6.40. The maximum Gasteiger partial charge on any atom is 0.305 e. The van der Waals surface area contributed by atoms with Crippen LogP contribution < -0.4 is 0 Å². The van der Waals surface area contributed by atoms with Crippen molar-refractivity contribution in [3.8, 4) is 0 Å².